The van der Waals surface area contributed by atoms with Crippen LogP contribution in [0, 0.1) is 12.7 Å². The molecule has 0 spiro atoms. The van der Waals surface area contributed by atoms with E-state index in [0.717, 1.165) is 18.3 Å². The van der Waals surface area contributed by atoms with Gasteiger partial charge in [-0.3, -0.25) is 0 Å². The average molecular weight is 361 g/mol. The molecule has 0 saturated heterocycles. The Bertz CT molecular complexity index is 1030. The highest BCUT2D eigenvalue weighted by atomic mass is 32.2. The number of aryl methyl sites for hydroxylation is 1. The molecule has 25 heavy (non-hydrogen) atoms. The number of imidazole rings is 1. The third kappa shape index (κ3) is 3.50. The van der Waals surface area contributed by atoms with Crippen LogP contribution < -0.4 is 5.32 Å². The van der Waals surface area contributed by atoms with Crippen LogP contribution >= 0.6 is 0 Å². The number of nitrogens with zero attached hydrogens (tertiary/aromatic N) is 4. The Labute approximate surface area is 144 Å². The van der Waals surface area contributed by atoms with E-state index in [1.807, 2.05) is 6.92 Å². The molecule has 0 amide bonds. The molecule has 3 rings (SSSR count). The van der Waals surface area contributed by atoms with Gasteiger partial charge in [-0.15, -0.1) is 0 Å². The van der Waals surface area contributed by atoms with Gasteiger partial charge in [0.25, 0.3) is 0 Å². The van der Waals surface area contributed by atoms with Gasteiger partial charge in [0.1, 0.15) is 11.5 Å². The minimum absolute atomic E-state index is 0.133. The first kappa shape index (κ1) is 17.0. The van der Waals surface area contributed by atoms with Crippen LogP contribution in [0.4, 0.5) is 16.0 Å². The molecule has 0 fully saturated rings. The van der Waals surface area contributed by atoms with Gasteiger partial charge in [-0.05, 0) is 31.2 Å². The Kier molecular flexibility index (Phi) is 4.25. The molecule has 0 bridgehead atoms. The lowest BCUT2D eigenvalue weighted by molar-refractivity contribution is 0.602. The predicted molar refractivity (Wildman–Crippen MR) is 91.8 cm³/mol. The van der Waals surface area contributed by atoms with Crippen LogP contribution in [0.3, 0.4) is 0 Å². The maximum absolute atomic E-state index is 14.1. The normalized spacial score (nSPS) is 11.5. The molecule has 2 heterocycles. The Hall–Kier alpha value is -2.81. The van der Waals surface area contributed by atoms with Crippen molar-refractivity contribution in [1.29, 1.82) is 0 Å². The van der Waals surface area contributed by atoms with Gasteiger partial charge in [-0.25, -0.2) is 27.8 Å². The second-order valence-electron chi connectivity index (χ2n) is 5.56. The summed E-state index contributed by atoms with van der Waals surface area (Å²) in [6.45, 7) is 1.81. The minimum atomic E-state index is -3.26. The van der Waals surface area contributed by atoms with E-state index in [1.165, 1.54) is 12.1 Å². The number of anilines is 2. The molecule has 1 N–H and O–H groups in total. The fourth-order valence-electron chi connectivity index (χ4n) is 2.24. The molecule has 0 aliphatic heterocycles. The third-order valence-electron chi connectivity index (χ3n) is 3.75. The molecule has 130 valence electrons. The van der Waals surface area contributed by atoms with Crippen molar-refractivity contribution in [3.63, 3.8) is 0 Å². The highest BCUT2D eigenvalue weighted by Gasteiger charge is 2.14. The van der Waals surface area contributed by atoms with Crippen LogP contribution in [0.1, 0.15) is 5.82 Å². The van der Waals surface area contributed by atoms with Crippen LogP contribution in [0.2, 0.25) is 0 Å². The van der Waals surface area contributed by atoms with Gasteiger partial charge in [-0.1, -0.05) is 0 Å². The number of nitrogens with one attached hydrogen (secondary N) is 1. The molecule has 9 heteroatoms. The largest absolute Gasteiger partial charge is 0.330 e. The van der Waals surface area contributed by atoms with Crippen molar-refractivity contribution < 1.29 is 12.8 Å². The van der Waals surface area contributed by atoms with Crippen LogP contribution in [0.25, 0.3) is 11.4 Å². The van der Waals surface area contributed by atoms with E-state index in [9.17, 15) is 12.8 Å². The van der Waals surface area contributed by atoms with Crippen LogP contribution in [0.5, 0.6) is 0 Å². The molecule has 0 saturated carbocycles. The lowest BCUT2D eigenvalue weighted by Gasteiger charge is -2.09. The van der Waals surface area contributed by atoms with E-state index in [2.05, 4.69) is 20.3 Å². The highest BCUT2D eigenvalue weighted by molar-refractivity contribution is 7.90. The van der Waals surface area contributed by atoms with E-state index < -0.39 is 15.7 Å². The third-order valence-corrected chi connectivity index (χ3v) is 4.87. The first-order valence-corrected chi connectivity index (χ1v) is 9.23. The fraction of sp³-hybridized carbons (Fsp3) is 0.188. The van der Waals surface area contributed by atoms with E-state index in [4.69, 9.17) is 0 Å². The van der Waals surface area contributed by atoms with E-state index in [1.54, 1.807) is 29.9 Å². The van der Waals surface area contributed by atoms with Crippen molar-refractivity contribution in [2.75, 3.05) is 11.6 Å². The van der Waals surface area contributed by atoms with Crippen LogP contribution in [-0.2, 0) is 16.9 Å². The Morgan fingerprint density at radius 3 is 2.36 bits per heavy atom. The molecule has 0 aliphatic rings. The summed E-state index contributed by atoms with van der Waals surface area (Å²) in [4.78, 5) is 12.5. The van der Waals surface area contributed by atoms with Crippen molar-refractivity contribution in [3.8, 4) is 11.4 Å². The quantitative estimate of drug-likeness (QED) is 0.768. The standard InChI is InChI=1S/C16H16FN5O2S/c1-10-18-9-14(22(10)2)15-13(17)8-19-16(21-15)20-11-4-6-12(7-5-11)25(3,23)24/h4-9H,1-3H3,(H,19,20,21). The van der Waals surface area contributed by atoms with Crippen molar-refractivity contribution >= 4 is 21.5 Å². The second-order valence-corrected chi connectivity index (χ2v) is 7.58. The number of aromatic nitrogens is 4. The number of rotatable bonds is 4. The molecule has 0 atom stereocenters. The Morgan fingerprint density at radius 1 is 1.12 bits per heavy atom. The monoisotopic (exact) mass is 361 g/mol. The SMILES string of the molecule is Cc1ncc(-c2nc(Nc3ccc(S(C)(=O)=O)cc3)ncc2F)n1C. The van der Waals surface area contributed by atoms with Gasteiger partial charge >= 0.3 is 0 Å². The smallest absolute Gasteiger partial charge is 0.227 e. The highest BCUT2D eigenvalue weighted by Crippen LogP contribution is 2.23. The Morgan fingerprint density at radius 2 is 1.80 bits per heavy atom. The number of hydrogen-bond acceptors (Lipinski definition) is 6. The van der Waals surface area contributed by atoms with Gasteiger partial charge in [0, 0.05) is 19.0 Å². The lowest BCUT2D eigenvalue weighted by atomic mass is 10.3. The summed E-state index contributed by atoms with van der Waals surface area (Å²) in [6.07, 6.45) is 3.77. The summed E-state index contributed by atoms with van der Waals surface area (Å²) in [5.74, 6) is 0.377. The first-order chi connectivity index (χ1) is 11.8. The summed E-state index contributed by atoms with van der Waals surface area (Å²) in [6, 6.07) is 6.15. The molecule has 2 aromatic heterocycles. The van der Waals surface area contributed by atoms with Crippen molar-refractivity contribution in [2.24, 2.45) is 7.05 Å². The molecule has 1 aromatic carbocycles. The summed E-state index contributed by atoms with van der Waals surface area (Å²) < 4.78 is 38.8. The maximum Gasteiger partial charge on any atom is 0.227 e. The van der Waals surface area contributed by atoms with Gasteiger partial charge in [-0.2, -0.15) is 0 Å². The summed E-state index contributed by atoms with van der Waals surface area (Å²) in [7, 11) is -1.49. The summed E-state index contributed by atoms with van der Waals surface area (Å²) in [5.41, 5.74) is 1.26. The maximum atomic E-state index is 14.1. The van der Waals surface area contributed by atoms with Crippen LogP contribution in [-0.4, -0.2) is 34.2 Å². The van der Waals surface area contributed by atoms with Crippen LogP contribution in [0.15, 0.2) is 41.6 Å². The van der Waals surface area contributed by atoms with E-state index in [-0.39, 0.29) is 16.5 Å². The molecule has 0 radical (unpaired) electrons. The molecule has 3 aromatic rings. The van der Waals surface area contributed by atoms with Gasteiger partial charge < -0.3 is 9.88 Å². The predicted octanol–water partition coefficient (Wildman–Crippen LogP) is 2.47. The molecular weight excluding hydrogens is 345 g/mol. The zero-order valence-electron chi connectivity index (χ0n) is 13.9. The first-order valence-electron chi connectivity index (χ1n) is 7.34. The molecule has 7 nitrogen and oxygen atoms in total. The zero-order chi connectivity index (χ0) is 18.2. The number of hydrogen-bond donors (Lipinski definition) is 1. The minimum Gasteiger partial charge on any atom is -0.330 e. The van der Waals surface area contributed by atoms with Crippen molar-refractivity contribution in [3.05, 3.63) is 48.3 Å². The topological polar surface area (TPSA) is 89.8 Å². The van der Waals surface area contributed by atoms with Gasteiger partial charge in [0.15, 0.2) is 15.7 Å². The fourth-order valence-corrected chi connectivity index (χ4v) is 2.87. The molecule has 0 aliphatic carbocycles. The van der Waals surface area contributed by atoms with Gasteiger partial charge in [0.05, 0.1) is 23.0 Å². The Balaban J connectivity index is 1.92. The van der Waals surface area contributed by atoms with Crippen molar-refractivity contribution in [1.82, 2.24) is 19.5 Å². The lowest BCUT2D eigenvalue weighted by Crippen LogP contribution is -2.03. The molecular formula is C16H16FN5O2S. The van der Waals surface area contributed by atoms with Gasteiger partial charge in [0.2, 0.25) is 5.95 Å². The van der Waals surface area contributed by atoms with E-state index in [0.29, 0.717) is 11.4 Å². The van der Waals surface area contributed by atoms with Crippen molar-refractivity contribution in [2.45, 2.75) is 11.8 Å². The summed E-state index contributed by atoms with van der Waals surface area (Å²) >= 11 is 0. The number of benzene rings is 1. The second kappa shape index (κ2) is 6.25. The number of halogens is 1. The average Bonchev–Trinajstić information content (AvgIpc) is 2.88. The van der Waals surface area contributed by atoms with E-state index >= 15 is 0 Å². The number of sulfone groups is 1. The zero-order valence-corrected chi connectivity index (χ0v) is 14.7. The summed E-state index contributed by atoms with van der Waals surface area (Å²) in [5, 5.41) is 2.93. The molecule has 0 unspecified atom stereocenters.